The topological polar surface area (TPSA) is 20.2 Å². The maximum atomic E-state index is 9.68. The highest BCUT2D eigenvalue weighted by Gasteiger charge is 2.18. The summed E-state index contributed by atoms with van der Waals surface area (Å²) < 4.78 is 0. The van der Waals surface area contributed by atoms with Crippen LogP contribution in [0.3, 0.4) is 0 Å². The van der Waals surface area contributed by atoms with E-state index in [0.29, 0.717) is 0 Å². The van der Waals surface area contributed by atoms with Gasteiger partial charge in [-0.2, -0.15) is 0 Å². The van der Waals surface area contributed by atoms with Gasteiger partial charge >= 0.3 is 0 Å². The molecule has 0 aliphatic heterocycles. The van der Waals surface area contributed by atoms with Gasteiger partial charge < -0.3 is 5.11 Å². The maximum Gasteiger partial charge on any atom is 0.0904 e. The van der Waals surface area contributed by atoms with E-state index in [4.69, 9.17) is 0 Å². The Balaban J connectivity index is 4.51. The molecule has 0 aromatic carbocycles. The second-order valence-electron chi connectivity index (χ2n) is 2.89. The van der Waals surface area contributed by atoms with Gasteiger partial charge in [-0.15, -0.1) is 17.7 Å². The standard InChI is InChI=1S/C10H16OS/c1-5-7-8-9(12-6-2)10(3,4)11/h8,11H,6H2,1-4H3/b9-8-. The van der Waals surface area contributed by atoms with Crippen LogP contribution in [-0.4, -0.2) is 16.5 Å². The fourth-order valence-electron chi connectivity index (χ4n) is 0.688. The minimum Gasteiger partial charge on any atom is -0.385 e. The molecule has 0 saturated carbocycles. The van der Waals surface area contributed by atoms with Crippen LogP contribution in [0.5, 0.6) is 0 Å². The molecule has 0 saturated heterocycles. The van der Waals surface area contributed by atoms with Gasteiger partial charge in [0.25, 0.3) is 0 Å². The van der Waals surface area contributed by atoms with Crippen molar-refractivity contribution in [2.75, 3.05) is 5.75 Å². The van der Waals surface area contributed by atoms with Crippen LogP contribution in [-0.2, 0) is 0 Å². The Kier molecular flexibility index (Phi) is 5.12. The third-order valence-corrected chi connectivity index (χ3v) is 2.47. The van der Waals surface area contributed by atoms with E-state index < -0.39 is 5.60 Å². The lowest BCUT2D eigenvalue weighted by molar-refractivity contribution is 0.129. The predicted octanol–water partition coefficient (Wildman–Crippen LogP) is 2.42. The summed E-state index contributed by atoms with van der Waals surface area (Å²) in [6.45, 7) is 7.40. The zero-order valence-electron chi connectivity index (χ0n) is 8.14. The maximum absolute atomic E-state index is 9.68. The van der Waals surface area contributed by atoms with Gasteiger partial charge in [-0.25, -0.2) is 0 Å². The van der Waals surface area contributed by atoms with E-state index in [1.165, 1.54) is 0 Å². The Morgan fingerprint density at radius 3 is 2.50 bits per heavy atom. The van der Waals surface area contributed by atoms with Crippen LogP contribution in [0.2, 0.25) is 0 Å². The van der Waals surface area contributed by atoms with Gasteiger partial charge in [-0.3, -0.25) is 0 Å². The molecule has 0 aromatic heterocycles. The molecular formula is C10H16OS. The Morgan fingerprint density at radius 2 is 2.17 bits per heavy atom. The first-order valence-corrected chi connectivity index (χ1v) is 4.99. The average molecular weight is 184 g/mol. The molecule has 12 heavy (non-hydrogen) atoms. The molecule has 0 aliphatic rings. The molecule has 0 heterocycles. The Hall–Kier alpha value is -0.390. The van der Waals surface area contributed by atoms with Gasteiger partial charge in [-0.05, 0) is 26.5 Å². The first-order chi connectivity index (χ1) is 5.52. The van der Waals surface area contributed by atoms with Crippen molar-refractivity contribution >= 4 is 11.8 Å². The third-order valence-electron chi connectivity index (χ3n) is 1.25. The minimum atomic E-state index is -0.759. The van der Waals surface area contributed by atoms with Crippen LogP contribution in [0.1, 0.15) is 27.7 Å². The van der Waals surface area contributed by atoms with Crippen molar-refractivity contribution < 1.29 is 5.11 Å². The quantitative estimate of drug-likeness (QED) is 0.680. The number of thioether (sulfide) groups is 1. The van der Waals surface area contributed by atoms with E-state index in [9.17, 15) is 5.11 Å². The van der Waals surface area contributed by atoms with E-state index >= 15 is 0 Å². The zero-order valence-corrected chi connectivity index (χ0v) is 8.96. The van der Waals surface area contributed by atoms with Crippen molar-refractivity contribution in [3.8, 4) is 11.8 Å². The molecule has 1 N–H and O–H groups in total. The largest absolute Gasteiger partial charge is 0.385 e. The average Bonchev–Trinajstić information content (AvgIpc) is 1.95. The molecule has 0 amide bonds. The van der Waals surface area contributed by atoms with Crippen LogP contribution in [0.4, 0.5) is 0 Å². The fourth-order valence-corrected chi connectivity index (χ4v) is 1.49. The second kappa shape index (κ2) is 5.29. The number of aliphatic hydroxyl groups is 1. The molecule has 0 aromatic rings. The predicted molar refractivity (Wildman–Crippen MR) is 56.0 cm³/mol. The molecule has 0 radical (unpaired) electrons. The monoisotopic (exact) mass is 184 g/mol. The van der Waals surface area contributed by atoms with Crippen LogP contribution < -0.4 is 0 Å². The second-order valence-corrected chi connectivity index (χ2v) is 4.20. The minimum absolute atomic E-state index is 0.759. The highest BCUT2D eigenvalue weighted by atomic mass is 32.2. The molecule has 2 heteroatoms. The summed E-state index contributed by atoms with van der Waals surface area (Å²) in [5.74, 6) is 6.58. The summed E-state index contributed by atoms with van der Waals surface area (Å²) in [5.41, 5.74) is -0.759. The molecule has 68 valence electrons. The van der Waals surface area contributed by atoms with E-state index in [1.807, 2.05) is 0 Å². The molecule has 1 nitrogen and oxygen atoms in total. The van der Waals surface area contributed by atoms with Crippen molar-refractivity contribution in [2.24, 2.45) is 0 Å². The number of hydrogen-bond donors (Lipinski definition) is 1. The highest BCUT2D eigenvalue weighted by Crippen LogP contribution is 2.26. The summed E-state index contributed by atoms with van der Waals surface area (Å²) in [5, 5.41) is 9.68. The van der Waals surface area contributed by atoms with Gasteiger partial charge in [0, 0.05) is 11.0 Å². The van der Waals surface area contributed by atoms with Gasteiger partial charge in [0.1, 0.15) is 0 Å². The number of allylic oxidation sites excluding steroid dienone is 1. The molecule has 0 atom stereocenters. The lowest BCUT2D eigenvalue weighted by atomic mass is 10.1. The lowest BCUT2D eigenvalue weighted by Crippen LogP contribution is -2.20. The Bertz CT molecular complexity index is 212. The van der Waals surface area contributed by atoms with Gasteiger partial charge in [0.05, 0.1) is 5.60 Å². The summed E-state index contributed by atoms with van der Waals surface area (Å²) in [4.78, 5) is 0.930. The highest BCUT2D eigenvalue weighted by molar-refractivity contribution is 8.03. The molecule has 0 spiro atoms. The van der Waals surface area contributed by atoms with Gasteiger partial charge in [0.2, 0.25) is 0 Å². The summed E-state index contributed by atoms with van der Waals surface area (Å²) >= 11 is 1.63. The molecule has 0 rings (SSSR count). The van der Waals surface area contributed by atoms with Crippen LogP contribution in [0, 0.1) is 11.8 Å². The van der Waals surface area contributed by atoms with Crippen molar-refractivity contribution in [1.29, 1.82) is 0 Å². The van der Waals surface area contributed by atoms with Crippen LogP contribution in [0.15, 0.2) is 11.0 Å². The molecule has 0 fully saturated rings. The first kappa shape index (κ1) is 11.6. The van der Waals surface area contributed by atoms with E-state index in [1.54, 1.807) is 38.6 Å². The van der Waals surface area contributed by atoms with E-state index in [2.05, 4.69) is 18.8 Å². The molecular weight excluding hydrogens is 168 g/mol. The zero-order chi connectivity index (χ0) is 9.61. The molecule has 0 unspecified atom stereocenters. The van der Waals surface area contributed by atoms with Gasteiger partial charge in [-0.1, -0.05) is 12.8 Å². The Labute approximate surface area is 79.3 Å². The number of rotatable bonds is 3. The first-order valence-electron chi connectivity index (χ1n) is 4.00. The SMILES string of the molecule is CC#C/C=C(\SCC)C(C)(C)O. The van der Waals surface area contributed by atoms with E-state index in [-0.39, 0.29) is 0 Å². The molecule has 0 aliphatic carbocycles. The number of hydrogen-bond acceptors (Lipinski definition) is 2. The smallest absolute Gasteiger partial charge is 0.0904 e. The van der Waals surface area contributed by atoms with Crippen molar-refractivity contribution in [2.45, 2.75) is 33.3 Å². The Morgan fingerprint density at radius 1 is 1.58 bits per heavy atom. The van der Waals surface area contributed by atoms with Gasteiger partial charge in [0.15, 0.2) is 0 Å². The van der Waals surface area contributed by atoms with Crippen molar-refractivity contribution in [3.05, 3.63) is 11.0 Å². The lowest BCUT2D eigenvalue weighted by Gasteiger charge is -2.19. The molecule has 0 bridgehead atoms. The normalized spacial score (nSPS) is 12.2. The van der Waals surface area contributed by atoms with Crippen molar-refractivity contribution in [3.63, 3.8) is 0 Å². The fraction of sp³-hybridized carbons (Fsp3) is 0.600. The van der Waals surface area contributed by atoms with Crippen LogP contribution in [0.25, 0.3) is 0 Å². The summed E-state index contributed by atoms with van der Waals surface area (Å²) in [7, 11) is 0. The van der Waals surface area contributed by atoms with Crippen molar-refractivity contribution in [1.82, 2.24) is 0 Å². The summed E-state index contributed by atoms with van der Waals surface area (Å²) in [6, 6.07) is 0. The summed E-state index contributed by atoms with van der Waals surface area (Å²) in [6.07, 6.45) is 1.79. The third kappa shape index (κ3) is 4.48. The van der Waals surface area contributed by atoms with Crippen LogP contribution >= 0.6 is 11.8 Å². The van der Waals surface area contributed by atoms with E-state index in [0.717, 1.165) is 10.7 Å².